The number of benzene rings is 1. The smallest absolute Gasteiger partial charge is 0.414 e. The number of hydrogen-bond acceptors (Lipinski definition) is 10. The number of alkyl carbamates (subject to hydrolysis) is 1. The maximum Gasteiger partial charge on any atom is 0.414 e. The molecule has 1 aliphatic carbocycles. The number of piperidine rings is 1. The third-order valence-electron chi connectivity index (χ3n) is 8.31. The number of pyridine rings is 2. The highest BCUT2D eigenvalue weighted by atomic mass is 32.2. The van der Waals surface area contributed by atoms with E-state index in [4.69, 9.17) is 19.4 Å². The Hall–Kier alpha value is -4.72. The predicted octanol–water partition coefficient (Wildman–Crippen LogP) is 7.70. The van der Waals surface area contributed by atoms with Gasteiger partial charge < -0.3 is 24.7 Å². The zero-order valence-electron chi connectivity index (χ0n) is 29.8. The molecule has 14 heteroatoms. The van der Waals surface area contributed by atoms with Gasteiger partial charge in [-0.25, -0.2) is 23.9 Å². The molecule has 7 rings (SSSR count). The Morgan fingerprint density at radius 2 is 1.70 bits per heavy atom. The number of aromatic nitrogens is 5. The van der Waals surface area contributed by atoms with Gasteiger partial charge in [-0.15, -0.1) is 0 Å². The molecule has 1 saturated heterocycles. The fourth-order valence-electron chi connectivity index (χ4n) is 6.23. The van der Waals surface area contributed by atoms with Gasteiger partial charge in [0.15, 0.2) is 5.16 Å². The second-order valence-electron chi connectivity index (χ2n) is 14.3. The van der Waals surface area contributed by atoms with Gasteiger partial charge in [0.05, 0.1) is 27.6 Å². The number of anilines is 2. The Labute approximate surface area is 294 Å². The van der Waals surface area contributed by atoms with Crippen LogP contribution < -0.4 is 15.1 Å². The number of H-pyrrole nitrogens is 1. The van der Waals surface area contributed by atoms with Gasteiger partial charge >= 0.3 is 12.2 Å². The lowest BCUT2D eigenvalue weighted by molar-refractivity contribution is 0.0516. The minimum Gasteiger partial charge on any atom is -0.444 e. The quantitative estimate of drug-likeness (QED) is 0.175. The normalized spacial score (nSPS) is 18.4. The molecule has 4 aromatic heterocycles. The Morgan fingerprint density at radius 3 is 2.38 bits per heavy atom. The molecule has 2 amide bonds. The van der Waals surface area contributed by atoms with E-state index in [1.165, 1.54) is 28.8 Å². The van der Waals surface area contributed by atoms with Crippen molar-refractivity contribution in [3.05, 3.63) is 48.5 Å². The van der Waals surface area contributed by atoms with Crippen LogP contribution in [0.15, 0.2) is 52.8 Å². The molecule has 1 saturated carbocycles. The van der Waals surface area contributed by atoms with Gasteiger partial charge in [-0.2, -0.15) is 0 Å². The van der Waals surface area contributed by atoms with Gasteiger partial charge in [-0.05, 0) is 83.6 Å². The fourth-order valence-corrected chi connectivity index (χ4v) is 6.98. The van der Waals surface area contributed by atoms with Crippen molar-refractivity contribution in [2.45, 2.75) is 82.7 Å². The molecular weight excluding hydrogens is 660 g/mol. The zero-order chi connectivity index (χ0) is 36.1. The van der Waals surface area contributed by atoms with E-state index in [2.05, 4.69) is 25.2 Å². The summed E-state index contributed by atoms with van der Waals surface area (Å²) in [6.07, 6.45) is 2.44. The van der Waals surface area contributed by atoms with Gasteiger partial charge in [0, 0.05) is 60.7 Å². The lowest BCUT2D eigenvalue weighted by Crippen LogP contribution is -2.38. The molecule has 1 aliphatic heterocycles. The summed E-state index contributed by atoms with van der Waals surface area (Å²) in [5, 5.41) is 4.67. The van der Waals surface area contributed by atoms with E-state index in [0.29, 0.717) is 51.7 Å². The fraction of sp³-hybridized carbons (Fsp3) is 0.444. The van der Waals surface area contributed by atoms with E-state index in [-0.39, 0.29) is 17.9 Å². The summed E-state index contributed by atoms with van der Waals surface area (Å²) in [5.74, 6) is 0.551. The summed E-state index contributed by atoms with van der Waals surface area (Å²) in [7, 11) is 1.55. The highest BCUT2D eigenvalue weighted by Gasteiger charge is 2.57. The zero-order valence-corrected chi connectivity index (χ0v) is 30.6. The number of fused-ring (bicyclic) bond motifs is 5. The number of halogens is 1. The van der Waals surface area contributed by atoms with E-state index >= 15 is 4.39 Å². The molecular formula is C36H43FN8O4S. The van der Waals surface area contributed by atoms with Crippen LogP contribution in [0.3, 0.4) is 0 Å². The van der Waals surface area contributed by atoms with Crippen LogP contribution in [0.25, 0.3) is 33.0 Å². The largest absolute Gasteiger partial charge is 0.444 e. The molecule has 0 radical (unpaired) electrons. The lowest BCUT2D eigenvalue weighted by Gasteiger charge is -2.25. The molecule has 12 nitrogen and oxygen atoms in total. The first-order valence-corrected chi connectivity index (χ1v) is 17.6. The van der Waals surface area contributed by atoms with Crippen molar-refractivity contribution < 1.29 is 23.5 Å². The maximum atomic E-state index is 15.3. The van der Waals surface area contributed by atoms with Gasteiger partial charge in [0.25, 0.3) is 0 Å². The second kappa shape index (κ2) is 13.2. The second-order valence-corrected chi connectivity index (χ2v) is 15.3. The number of carbonyl (C=O) groups excluding carboxylic acids is 2. The summed E-state index contributed by atoms with van der Waals surface area (Å²) in [6, 6.07) is 8.42. The number of rotatable bonds is 5. The molecule has 2 N–H and O–H groups in total. The van der Waals surface area contributed by atoms with Crippen molar-refractivity contribution in [1.29, 1.82) is 0 Å². The van der Waals surface area contributed by atoms with Crippen LogP contribution in [0.2, 0.25) is 0 Å². The van der Waals surface area contributed by atoms with Gasteiger partial charge in [-0.3, -0.25) is 14.9 Å². The predicted molar refractivity (Wildman–Crippen MR) is 193 cm³/mol. The van der Waals surface area contributed by atoms with Gasteiger partial charge in [-0.1, -0.05) is 13.8 Å². The Morgan fingerprint density at radius 1 is 1.00 bits per heavy atom. The average molecular weight is 703 g/mol. The van der Waals surface area contributed by atoms with Crippen molar-refractivity contribution in [3.8, 4) is 0 Å². The topological polar surface area (TPSA) is 138 Å². The highest BCUT2D eigenvalue weighted by molar-refractivity contribution is 7.99. The van der Waals surface area contributed by atoms with Crippen LogP contribution in [0.5, 0.6) is 0 Å². The molecule has 0 bridgehead atoms. The number of amides is 2. The van der Waals surface area contributed by atoms with Crippen molar-refractivity contribution in [2.75, 3.05) is 29.9 Å². The lowest BCUT2D eigenvalue weighted by atomic mass is 10.1. The summed E-state index contributed by atoms with van der Waals surface area (Å²) < 4.78 is 26.4. The number of nitrogens with zero attached hydrogens (tertiary/aromatic N) is 6. The van der Waals surface area contributed by atoms with Crippen molar-refractivity contribution in [3.63, 3.8) is 0 Å². The maximum absolute atomic E-state index is 15.3. The van der Waals surface area contributed by atoms with Crippen LogP contribution in [0, 0.1) is 17.7 Å². The molecule has 264 valence electrons. The van der Waals surface area contributed by atoms with Crippen molar-refractivity contribution in [1.82, 2.24) is 30.2 Å². The summed E-state index contributed by atoms with van der Waals surface area (Å²) in [5.41, 5.74) is 1.56. The molecule has 5 heterocycles. The molecule has 1 aromatic carbocycles. The van der Waals surface area contributed by atoms with E-state index in [9.17, 15) is 9.59 Å². The van der Waals surface area contributed by atoms with Gasteiger partial charge in [0.2, 0.25) is 0 Å². The minimum absolute atomic E-state index is 0.00735. The van der Waals surface area contributed by atoms with Crippen LogP contribution in [-0.2, 0) is 9.47 Å². The van der Waals surface area contributed by atoms with Crippen molar-refractivity contribution in [2.24, 2.45) is 11.8 Å². The first kappa shape index (κ1) is 35.1. The van der Waals surface area contributed by atoms with Crippen LogP contribution in [-0.4, -0.2) is 74.5 Å². The third kappa shape index (κ3) is 7.25. The minimum atomic E-state index is -0.733. The monoisotopic (exact) mass is 702 g/mol. The number of hydrogen-bond donors (Lipinski definition) is 2. The van der Waals surface area contributed by atoms with E-state index in [1.807, 2.05) is 52.8 Å². The number of ether oxygens (including phenoxy) is 2. The average Bonchev–Trinajstić information content (AvgIpc) is 3.34. The van der Waals surface area contributed by atoms with Crippen LogP contribution in [0.4, 0.5) is 25.5 Å². The summed E-state index contributed by atoms with van der Waals surface area (Å²) in [6.45, 7) is 16.1. The van der Waals surface area contributed by atoms with Gasteiger partial charge in [0.1, 0.15) is 28.5 Å². The Kier molecular flexibility index (Phi) is 9.27. The third-order valence-corrected chi connectivity index (χ3v) is 9.13. The molecule has 2 atom stereocenters. The molecule has 50 heavy (non-hydrogen) atoms. The Bertz CT molecular complexity index is 2080. The standard InChI is InChI=1S/C34H37FN8O4S.C2H6/c1-33(2,3)46-31(44)39-26-20-15-43(16-21(20)26)29-25-19-11-17(35)12-24(42(7)32(45)47-34(4,5)6)27(19)38-28(25)40-30(41-29)48-18-13-23-22(37-14-18)9-8-10-36-23;1-2/h8-14,20-21,26H,15-16H2,1-7H3,(H,39,44)(H,38,40,41);1-2H3. The molecule has 5 aromatic rings. The molecule has 2 aliphatic rings. The van der Waals surface area contributed by atoms with Crippen LogP contribution >= 0.6 is 11.8 Å². The first-order valence-electron chi connectivity index (χ1n) is 16.8. The number of nitrogens with one attached hydrogen (secondary N) is 2. The summed E-state index contributed by atoms with van der Waals surface area (Å²) >= 11 is 1.35. The molecule has 2 unspecified atom stereocenters. The van der Waals surface area contributed by atoms with E-state index < -0.39 is 29.2 Å². The van der Waals surface area contributed by atoms with Crippen LogP contribution in [0.1, 0.15) is 55.4 Å². The number of aromatic amines is 1. The SMILES string of the molecule is CC.CN(C(=O)OC(C)(C)C)c1cc(F)cc2c1[nH]c1nc(Sc3cnc4cccnc4c3)nc(N3CC4C(C3)C4NC(=O)OC(C)(C)C)c12. The highest BCUT2D eigenvalue weighted by Crippen LogP contribution is 2.49. The number of carbonyl (C=O) groups is 2. The first-order chi connectivity index (χ1) is 23.6. The molecule has 0 spiro atoms. The van der Waals surface area contributed by atoms with Crippen molar-refractivity contribution >= 4 is 68.4 Å². The Balaban J connectivity index is 0.00000212. The van der Waals surface area contributed by atoms with E-state index in [1.54, 1.807) is 40.2 Å². The molecule has 2 fully saturated rings. The van der Waals surface area contributed by atoms with E-state index in [0.717, 1.165) is 15.9 Å². The summed E-state index contributed by atoms with van der Waals surface area (Å²) in [4.78, 5) is 52.0.